The lowest BCUT2D eigenvalue weighted by Crippen LogP contribution is -2.44. The van der Waals surface area contributed by atoms with Crippen molar-refractivity contribution < 1.29 is 18.7 Å². The minimum atomic E-state index is -0.557. The normalized spacial score (nSPS) is 18.9. The number of esters is 1. The van der Waals surface area contributed by atoms with Crippen LogP contribution in [0.15, 0.2) is 30.3 Å². The Morgan fingerprint density at radius 2 is 2.05 bits per heavy atom. The molecule has 2 rings (SSSR count). The molecule has 4 nitrogen and oxygen atoms in total. The molecule has 1 aromatic carbocycles. The fraction of sp³-hybridized carbons (Fsp3) is 0.467. The van der Waals surface area contributed by atoms with Gasteiger partial charge in [0.1, 0.15) is 17.5 Å². The van der Waals surface area contributed by atoms with Gasteiger partial charge in [0.15, 0.2) is 0 Å². The number of piperidine rings is 1. The minimum Gasteiger partial charge on any atom is -0.468 e. The van der Waals surface area contributed by atoms with Crippen molar-refractivity contribution in [1.29, 1.82) is 0 Å². The number of benzene rings is 1. The standard InChI is InChI=1S/C9H15NO3.C6H5F/c1-3-10-5-4-8(11)7(6-10)9(12)13-2;7-6-4-2-1-3-5-6/h7H,3-6H2,1-2H3;1-5H. The molecule has 0 spiro atoms. The maximum Gasteiger partial charge on any atom is 0.317 e. The van der Waals surface area contributed by atoms with Crippen LogP contribution >= 0.6 is 0 Å². The highest BCUT2D eigenvalue weighted by atomic mass is 19.1. The molecular formula is C15H20FNO3. The van der Waals surface area contributed by atoms with E-state index in [1.807, 2.05) is 6.92 Å². The van der Waals surface area contributed by atoms with E-state index in [9.17, 15) is 14.0 Å². The fourth-order valence-electron chi connectivity index (χ4n) is 1.94. The van der Waals surface area contributed by atoms with E-state index in [2.05, 4.69) is 9.64 Å². The highest BCUT2D eigenvalue weighted by molar-refractivity contribution is 5.99. The summed E-state index contributed by atoms with van der Waals surface area (Å²) in [7, 11) is 1.32. The van der Waals surface area contributed by atoms with Crippen molar-refractivity contribution >= 4 is 11.8 Å². The zero-order chi connectivity index (χ0) is 15.0. The van der Waals surface area contributed by atoms with Crippen LogP contribution in [0, 0.1) is 11.7 Å². The number of Topliss-reactive ketones (excluding diaryl/α,β-unsaturated/α-hetero) is 1. The lowest BCUT2D eigenvalue weighted by molar-refractivity contribution is -0.151. The largest absolute Gasteiger partial charge is 0.468 e. The van der Waals surface area contributed by atoms with E-state index in [1.165, 1.54) is 19.2 Å². The molecule has 0 aliphatic carbocycles. The van der Waals surface area contributed by atoms with Crippen molar-refractivity contribution in [2.45, 2.75) is 13.3 Å². The SMILES string of the molecule is CCN1CCC(=O)C(C(=O)OC)C1.Fc1ccccc1. The van der Waals surface area contributed by atoms with E-state index in [4.69, 9.17) is 0 Å². The highest BCUT2D eigenvalue weighted by Crippen LogP contribution is 2.13. The summed E-state index contributed by atoms with van der Waals surface area (Å²) >= 11 is 0. The summed E-state index contributed by atoms with van der Waals surface area (Å²) in [6, 6.07) is 7.94. The number of rotatable bonds is 2. The van der Waals surface area contributed by atoms with Crippen LogP contribution in [0.4, 0.5) is 4.39 Å². The van der Waals surface area contributed by atoms with Crippen LogP contribution in [0.3, 0.4) is 0 Å². The van der Waals surface area contributed by atoms with Gasteiger partial charge < -0.3 is 9.64 Å². The zero-order valence-corrected chi connectivity index (χ0v) is 11.8. The van der Waals surface area contributed by atoms with Gasteiger partial charge in [0, 0.05) is 19.5 Å². The van der Waals surface area contributed by atoms with Gasteiger partial charge in [0.25, 0.3) is 0 Å². The van der Waals surface area contributed by atoms with Crippen LogP contribution in [-0.2, 0) is 14.3 Å². The molecule has 110 valence electrons. The Labute approximate surface area is 118 Å². The van der Waals surface area contributed by atoms with Gasteiger partial charge in [0.2, 0.25) is 0 Å². The quantitative estimate of drug-likeness (QED) is 0.613. The predicted octanol–water partition coefficient (Wildman–Crippen LogP) is 1.90. The van der Waals surface area contributed by atoms with Crippen LogP contribution in [0.25, 0.3) is 0 Å². The maximum atomic E-state index is 11.9. The molecule has 20 heavy (non-hydrogen) atoms. The van der Waals surface area contributed by atoms with E-state index in [-0.39, 0.29) is 11.6 Å². The molecule has 1 fully saturated rings. The molecule has 1 atom stereocenters. The van der Waals surface area contributed by atoms with E-state index < -0.39 is 11.9 Å². The molecule has 5 heteroatoms. The summed E-state index contributed by atoms with van der Waals surface area (Å²) in [6.07, 6.45) is 0.466. The third-order valence-corrected chi connectivity index (χ3v) is 3.17. The molecule has 0 aromatic heterocycles. The smallest absolute Gasteiger partial charge is 0.317 e. The molecular weight excluding hydrogens is 261 g/mol. The number of carbonyl (C=O) groups is 2. The van der Waals surface area contributed by atoms with Gasteiger partial charge in [-0.15, -0.1) is 0 Å². The molecule has 1 aliphatic rings. The van der Waals surface area contributed by atoms with Gasteiger partial charge in [0.05, 0.1) is 7.11 Å². The molecule has 0 amide bonds. The van der Waals surface area contributed by atoms with Crippen LogP contribution in [0.2, 0.25) is 0 Å². The predicted molar refractivity (Wildman–Crippen MR) is 73.6 cm³/mol. The first-order valence-corrected chi connectivity index (χ1v) is 6.62. The Hall–Kier alpha value is -1.75. The number of ether oxygens (including phenoxy) is 1. The van der Waals surface area contributed by atoms with Gasteiger partial charge >= 0.3 is 5.97 Å². The Morgan fingerprint density at radius 1 is 1.40 bits per heavy atom. The number of methoxy groups -OCH3 is 1. The van der Waals surface area contributed by atoms with Crippen molar-refractivity contribution in [1.82, 2.24) is 4.90 Å². The van der Waals surface area contributed by atoms with E-state index in [0.29, 0.717) is 13.0 Å². The number of likely N-dealkylation sites (tertiary alicyclic amines) is 1. The number of hydrogen-bond acceptors (Lipinski definition) is 4. The average molecular weight is 281 g/mol. The Kier molecular flexibility index (Phi) is 6.87. The first kappa shape index (κ1) is 16.3. The van der Waals surface area contributed by atoms with E-state index >= 15 is 0 Å². The number of halogens is 1. The van der Waals surface area contributed by atoms with Gasteiger partial charge in [-0.2, -0.15) is 0 Å². The number of hydrogen-bond donors (Lipinski definition) is 0. The topological polar surface area (TPSA) is 46.6 Å². The van der Waals surface area contributed by atoms with Gasteiger partial charge in [-0.1, -0.05) is 25.1 Å². The lowest BCUT2D eigenvalue weighted by atomic mass is 9.97. The third-order valence-electron chi connectivity index (χ3n) is 3.17. The molecule has 0 radical (unpaired) electrons. The summed E-state index contributed by atoms with van der Waals surface area (Å²) in [6.45, 7) is 4.18. The van der Waals surface area contributed by atoms with Gasteiger partial charge in [-0.3, -0.25) is 9.59 Å². The molecule has 1 unspecified atom stereocenters. The first-order valence-electron chi connectivity index (χ1n) is 6.62. The molecule has 1 aromatic rings. The first-order chi connectivity index (χ1) is 9.58. The second-order valence-electron chi connectivity index (χ2n) is 4.48. The Bertz CT molecular complexity index is 428. The second kappa shape index (κ2) is 8.43. The number of carbonyl (C=O) groups excluding carboxylic acids is 2. The zero-order valence-electron chi connectivity index (χ0n) is 11.8. The minimum absolute atomic E-state index is 0.0107. The summed E-state index contributed by atoms with van der Waals surface area (Å²) < 4.78 is 16.5. The third kappa shape index (κ3) is 5.09. The molecule has 1 heterocycles. The van der Waals surface area contributed by atoms with Crippen LogP contribution in [0.1, 0.15) is 13.3 Å². The molecule has 0 N–H and O–H groups in total. The molecule has 0 bridgehead atoms. The van der Waals surface area contributed by atoms with E-state index in [0.717, 1.165) is 13.1 Å². The Balaban J connectivity index is 0.000000240. The molecule has 1 aliphatic heterocycles. The number of ketones is 1. The van der Waals surface area contributed by atoms with Crippen LogP contribution in [0.5, 0.6) is 0 Å². The van der Waals surface area contributed by atoms with Crippen LogP contribution < -0.4 is 0 Å². The van der Waals surface area contributed by atoms with Crippen LogP contribution in [-0.4, -0.2) is 43.4 Å². The molecule has 1 saturated heterocycles. The van der Waals surface area contributed by atoms with Crippen molar-refractivity contribution in [3.63, 3.8) is 0 Å². The molecule has 0 saturated carbocycles. The Morgan fingerprint density at radius 3 is 2.50 bits per heavy atom. The second-order valence-corrected chi connectivity index (χ2v) is 4.48. The lowest BCUT2D eigenvalue weighted by Gasteiger charge is -2.28. The van der Waals surface area contributed by atoms with Crippen molar-refractivity contribution in [3.8, 4) is 0 Å². The van der Waals surface area contributed by atoms with Crippen molar-refractivity contribution in [3.05, 3.63) is 36.1 Å². The van der Waals surface area contributed by atoms with Crippen molar-refractivity contribution in [2.75, 3.05) is 26.7 Å². The fourth-order valence-corrected chi connectivity index (χ4v) is 1.94. The summed E-state index contributed by atoms with van der Waals surface area (Å²) in [4.78, 5) is 24.6. The average Bonchev–Trinajstić information content (AvgIpc) is 2.48. The van der Waals surface area contributed by atoms with Gasteiger partial charge in [-0.25, -0.2) is 4.39 Å². The summed E-state index contributed by atoms with van der Waals surface area (Å²) in [5, 5.41) is 0. The maximum absolute atomic E-state index is 11.9. The number of nitrogens with zero attached hydrogens (tertiary/aromatic N) is 1. The summed E-state index contributed by atoms with van der Waals surface area (Å²) in [5.41, 5.74) is 0. The van der Waals surface area contributed by atoms with Gasteiger partial charge in [-0.05, 0) is 18.7 Å². The van der Waals surface area contributed by atoms with Crippen molar-refractivity contribution in [2.24, 2.45) is 5.92 Å². The summed E-state index contributed by atoms with van der Waals surface area (Å²) in [5.74, 6) is -1.12. The monoisotopic (exact) mass is 281 g/mol. The highest BCUT2D eigenvalue weighted by Gasteiger charge is 2.32. The van der Waals surface area contributed by atoms with E-state index in [1.54, 1.807) is 18.2 Å².